The van der Waals surface area contributed by atoms with E-state index in [2.05, 4.69) is 23.1 Å². The molecule has 0 spiro atoms. The van der Waals surface area contributed by atoms with Crippen LogP contribution in [0, 0.1) is 13.8 Å². The van der Waals surface area contributed by atoms with E-state index in [1.54, 1.807) is 0 Å². The first-order valence-corrected chi connectivity index (χ1v) is 9.77. The highest BCUT2D eigenvalue weighted by atomic mass is 32.2. The van der Waals surface area contributed by atoms with Gasteiger partial charge in [0, 0.05) is 18.8 Å². The van der Waals surface area contributed by atoms with Gasteiger partial charge in [-0.05, 0) is 38.5 Å². The van der Waals surface area contributed by atoms with Crippen LogP contribution in [0.15, 0.2) is 40.0 Å². The van der Waals surface area contributed by atoms with Crippen molar-refractivity contribution in [1.82, 2.24) is 19.7 Å². The molecule has 0 aliphatic carbocycles. The average Bonchev–Trinajstić information content (AvgIpc) is 3.13. The number of rotatable bonds is 5. The number of aromatic nitrogens is 3. The predicted molar refractivity (Wildman–Crippen MR) is 101 cm³/mol. The molecule has 2 aromatic heterocycles. The quantitative estimate of drug-likeness (QED) is 0.642. The Kier molecular flexibility index (Phi) is 4.48. The molecule has 1 aromatic carbocycles. The molecule has 1 aliphatic rings. The molecule has 0 saturated carbocycles. The summed E-state index contributed by atoms with van der Waals surface area (Å²) >= 11 is 1.41. The summed E-state index contributed by atoms with van der Waals surface area (Å²) < 4.78 is 7.79. The van der Waals surface area contributed by atoms with Crippen LogP contribution in [0.5, 0.6) is 0 Å². The zero-order valence-corrected chi connectivity index (χ0v) is 16.0. The van der Waals surface area contributed by atoms with Gasteiger partial charge in [0.2, 0.25) is 5.91 Å². The third-order valence-corrected chi connectivity index (χ3v) is 5.92. The number of carbonyl (C=O) groups is 1. The molecule has 7 heteroatoms. The maximum Gasteiger partial charge on any atom is 0.257 e. The molecule has 6 nitrogen and oxygen atoms in total. The highest BCUT2D eigenvalue weighted by molar-refractivity contribution is 8.00. The monoisotopic (exact) mass is 370 g/mol. The molecule has 1 amide bonds. The summed E-state index contributed by atoms with van der Waals surface area (Å²) in [7, 11) is 0. The summed E-state index contributed by atoms with van der Waals surface area (Å²) in [6.45, 7) is 7.50. The molecule has 4 rings (SSSR count). The van der Waals surface area contributed by atoms with Crippen molar-refractivity contribution in [3.8, 4) is 0 Å². The topological polar surface area (TPSA) is 64.2 Å². The minimum Gasteiger partial charge on any atom is -0.431 e. The van der Waals surface area contributed by atoms with Crippen molar-refractivity contribution in [3.63, 3.8) is 0 Å². The van der Waals surface area contributed by atoms with Crippen LogP contribution in [0.25, 0.3) is 11.1 Å². The number of hydrogen-bond donors (Lipinski definition) is 0. The second-order valence-electron chi connectivity index (χ2n) is 6.73. The smallest absolute Gasteiger partial charge is 0.257 e. The summed E-state index contributed by atoms with van der Waals surface area (Å²) in [6.07, 6.45) is 0.739. The number of hydrogen-bond acceptors (Lipinski definition) is 5. The fourth-order valence-electron chi connectivity index (χ4n) is 3.34. The largest absolute Gasteiger partial charge is 0.431 e. The summed E-state index contributed by atoms with van der Waals surface area (Å²) in [5.74, 6) is 0.150. The number of nitrogens with zero attached hydrogens (tertiary/aromatic N) is 4. The van der Waals surface area contributed by atoms with Gasteiger partial charge in [-0.1, -0.05) is 30.8 Å². The normalized spacial score (nSPS) is 16.0. The van der Waals surface area contributed by atoms with Gasteiger partial charge in [0.25, 0.3) is 5.22 Å². The number of amides is 1. The van der Waals surface area contributed by atoms with Gasteiger partial charge in [0.1, 0.15) is 5.52 Å². The van der Waals surface area contributed by atoms with Crippen molar-refractivity contribution in [2.24, 2.45) is 0 Å². The Balaban J connectivity index is 1.41. The van der Waals surface area contributed by atoms with Crippen LogP contribution in [0.3, 0.4) is 0 Å². The van der Waals surface area contributed by atoms with E-state index in [4.69, 9.17) is 4.42 Å². The maximum atomic E-state index is 12.8. The van der Waals surface area contributed by atoms with E-state index in [-0.39, 0.29) is 17.2 Å². The minimum atomic E-state index is -0.176. The first-order valence-electron chi connectivity index (χ1n) is 8.89. The van der Waals surface area contributed by atoms with Gasteiger partial charge in [-0.2, -0.15) is 5.10 Å². The van der Waals surface area contributed by atoms with Crippen LogP contribution in [0.4, 0.5) is 0 Å². The lowest BCUT2D eigenvalue weighted by atomic mass is 10.1. The number of fused-ring (bicyclic) bond motifs is 1. The van der Waals surface area contributed by atoms with Crippen LogP contribution in [0.2, 0.25) is 0 Å². The zero-order valence-electron chi connectivity index (χ0n) is 15.2. The Hall–Kier alpha value is -2.28. The third kappa shape index (κ3) is 3.11. The minimum absolute atomic E-state index is 0.150. The number of likely N-dealkylation sites (tertiary alicyclic amines) is 1. The van der Waals surface area contributed by atoms with E-state index in [9.17, 15) is 4.79 Å². The fraction of sp³-hybridized carbons (Fsp3) is 0.421. The number of aryl methyl sites for hydroxylation is 2. The number of oxazole rings is 1. The van der Waals surface area contributed by atoms with Crippen LogP contribution < -0.4 is 0 Å². The SMILES string of the molecule is CC[C@H](Sc1nc2ccccc2o1)C(=O)N1CC(n2nc(C)cc2C)C1. The van der Waals surface area contributed by atoms with E-state index < -0.39 is 0 Å². The van der Waals surface area contributed by atoms with Gasteiger partial charge in [-0.25, -0.2) is 4.98 Å². The Morgan fingerprint density at radius 2 is 2.12 bits per heavy atom. The van der Waals surface area contributed by atoms with Crippen LogP contribution in [-0.2, 0) is 4.79 Å². The number of thioether (sulfide) groups is 1. The van der Waals surface area contributed by atoms with Gasteiger partial charge in [-0.3, -0.25) is 9.48 Å². The molecule has 1 saturated heterocycles. The second-order valence-corrected chi connectivity index (χ2v) is 7.88. The Labute approximate surface area is 156 Å². The number of benzene rings is 1. The van der Waals surface area contributed by atoms with E-state index in [0.29, 0.717) is 18.3 Å². The lowest BCUT2D eigenvalue weighted by Crippen LogP contribution is -2.53. The molecule has 0 bridgehead atoms. The van der Waals surface area contributed by atoms with Gasteiger partial charge >= 0.3 is 0 Å². The molecule has 0 radical (unpaired) electrons. The van der Waals surface area contributed by atoms with E-state index in [1.165, 1.54) is 11.8 Å². The summed E-state index contributed by atoms with van der Waals surface area (Å²) in [5.41, 5.74) is 3.74. The van der Waals surface area contributed by atoms with E-state index in [0.717, 1.165) is 28.9 Å². The molecule has 3 aromatic rings. The number of carbonyl (C=O) groups excluding carboxylic acids is 1. The molecule has 1 aliphatic heterocycles. The molecule has 136 valence electrons. The van der Waals surface area contributed by atoms with E-state index in [1.807, 2.05) is 47.7 Å². The second kappa shape index (κ2) is 6.79. The highest BCUT2D eigenvalue weighted by Gasteiger charge is 2.36. The lowest BCUT2D eigenvalue weighted by Gasteiger charge is -2.41. The van der Waals surface area contributed by atoms with Crippen molar-refractivity contribution >= 4 is 28.8 Å². The average molecular weight is 370 g/mol. The summed E-state index contributed by atoms with van der Waals surface area (Å²) in [4.78, 5) is 19.2. The molecular formula is C19H22N4O2S. The molecule has 0 N–H and O–H groups in total. The summed E-state index contributed by atoms with van der Waals surface area (Å²) in [6, 6.07) is 10.0. The molecule has 26 heavy (non-hydrogen) atoms. The third-order valence-electron chi connectivity index (χ3n) is 4.73. The standard InChI is InChI=1S/C19H22N4O2S/c1-4-17(26-19-20-15-7-5-6-8-16(15)25-19)18(24)22-10-14(11-22)23-13(3)9-12(2)21-23/h5-9,14,17H,4,10-11H2,1-3H3/t17-/m0/s1. The molecule has 1 atom stereocenters. The van der Waals surface area contributed by atoms with Crippen molar-refractivity contribution in [2.75, 3.05) is 13.1 Å². The molecular weight excluding hydrogens is 348 g/mol. The predicted octanol–water partition coefficient (Wildman–Crippen LogP) is 3.60. The van der Waals surface area contributed by atoms with Gasteiger partial charge in [0.15, 0.2) is 5.58 Å². The van der Waals surface area contributed by atoms with Crippen molar-refractivity contribution in [1.29, 1.82) is 0 Å². The van der Waals surface area contributed by atoms with Gasteiger partial charge in [0.05, 0.1) is 17.0 Å². The molecule has 0 unspecified atom stereocenters. The van der Waals surface area contributed by atoms with Crippen LogP contribution in [0.1, 0.15) is 30.8 Å². The first kappa shape index (κ1) is 17.1. The molecule has 3 heterocycles. The fourth-order valence-corrected chi connectivity index (χ4v) is 4.29. The summed E-state index contributed by atoms with van der Waals surface area (Å²) in [5, 5.41) is 4.91. The lowest BCUT2D eigenvalue weighted by molar-refractivity contribution is -0.136. The van der Waals surface area contributed by atoms with Crippen LogP contribution in [-0.4, -0.2) is 43.9 Å². The van der Waals surface area contributed by atoms with Crippen molar-refractivity contribution in [2.45, 2.75) is 43.7 Å². The Morgan fingerprint density at radius 3 is 2.77 bits per heavy atom. The highest BCUT2D eigenvalue weighted by Crippen LogP contribution is 2.32. The van der Waals surface area contributed by atoms with Crippen LogP contribution >= 0.6 is 11.8 Å². The zero-order chi connectivity index (χ0) is 18.3. The van der Waals surface area contributed by atoms with Crippen molar-refractivity contribution < 1.29 is 9.21 Å². The van der Waals surface area contributed by atoms with Gasteiger partial charge < -0.3 is 9.32 Å². The maximum absolute atomic E-state index is 12.8. The Bertz CT molecular complexity index is 909. The number of para-hydroxylation sites is 2. The van der Waals surface area contributed by atoms with Gasteiger partial charge in [-0.15, -0.1) is 0 Å². The van der Waals surface area contributed by atoms with Crippen molar-refractivity contribution in [3.05, 3.63) is 41.7 Å². The van der Waals surface area contributed by atoms with E-state index >= 15 is 0 Å². The molecule has 1 fully saturated rings. The first-order chi connectivity index (χ1) is 12.5. The Morgan fingerprint density at radius 1 is 1.35 bits per heavy atom.